The number of anilines is 1. The van der Waals surface area contributed by atoms with Gasteiger partial charge in [0.15, 0.2) is 0 Å². The number of unbranched alkanes of at least 4 members (excludes halogenated alkanes) is 1. The van der Waals surface area contributed by atoms with Crippen LogP contribution in [0.3, 0.4) is 0 Å². The minimum Gasteiger partial charge on any atom is -0.406 e. The van der Waals surface area contributed by atoms with E-state index >= 15 is 0 Å². The van der Waals surface area contributed by atoms with Crippen LogP contribution in [0.25, 0.3) is 22.0 Å². The molecule has 1 aromatic heterocycles. The van der Waals surface area contributed by atoms with Crippen LogP contribution >= 0.6 is 11.6 Å². The van der Waals surface area contributed by atoms with Crippen molar-refractivity contribution in [1.29, 1.82) is 0 Å². The van der Waals surface area contributed by atoms with E-state index in [0.29, 0.717) is 5.56 Å². The number of hydrogen-bond donors (Lipinski definition) is 1. The summed E-state index contributed by atoms with van der Waals surface area (Å²) in [6, 6.07) is 18.7. The number of alkyl halides is 3. The van der Waals surface area contributed by atoms with E-state index in [2.05, 4.69) is 56.5 Å². The number of benzene rings is 3. The van der Waals surface area contributed by atoms with Crippen molar-refractivity contribution in [3.63, 3.8) is 0 Å². The molecule has 0 radical (unpaired) electrons. The molecule has 1 aliphatic heterocycles. The first-order valence-electron chi connectivity index (χ1n) is 13.7. The van der Waals surface area contributed by atoms with Crippen molar-refractivity contribution in [2.24, 2.45) is 0 Å². The molecule has 2 heterocycles. The second kappa shape index (κ2) is 12.1. The lowest BCUT2D eigenvalue weighted by atomic mass is 10.0. The summed E-state index contributed by atoms with van der Waals surface area (Å²) in [6.07, 6.45) is -0.620. The van der Waals surface area contributed by atoms with Crippen LogP contribution in [0.5, 0.6) is 5.75 Å². The zero-order valence-corrected chi connectivity index (χ0v) is 23.3. The molecular weight excluding hydrogens is 537 g/mol. The fraction of sp³-hybridized carbons (Fsp3) is 0.355. The van der Waals surface area contributed by atoms with Crippen LogP contribution < -0.4 is 10.5 Å². The molecule has 4 aromatic rings. The fourth-order valence-corrected chi connectivity index (χ4v) is 5.58. The number of rotatable bonds is 9. The second-order valence-corrected chi connectivity index (χ2v) is 10.8. The van der Waals surface area contributed by atoms with Crippen molar-refractivity contribution in [2.75, 3.05) is 31.9 Å². The standard InChI is InChI=1S/C31H34ClF3N4O/c1-2-3-12-39-21-27(25-10-9-24(18-29(25)36)40-31(33,34)35)26-17-22(8-11-30(26)39)19-37-13-15-38(16-14-37)20-23-6-4-5-7-28(23)32/h4-11,17-18,21H,2-3,12-16,19-20,36H2,1H3. The summed E-state index contributed by atoms with van der Waals surface area (Å²) in [5.41, 5.74) is 11.5. The molecule has 5 rings (SSSR count). The molecule has 1 aliphatic rings. The number of fused-ring (bicyclic) bond motifs is 1. The van der Waals surface area contributed by atoms with Gasteiger partial charge in [-0.1, -0.05) is 49.2 Å². The van der Waals surface area contributed by atoms with Crippen molar-refractivity contribution < 1.29 is 17.9 Å². The minimum absolute atomic E-state index is 0.247. The maximum atomic E-state index is 12.7. The van der Waals surface area contributed by atoms with E-state index in [0.717, 1.165) is 85.7 Å². The lowest BCUT2D eigenvalue weighted by Gasteiger charge is -2.35. The zero-order chi connectivity index (χ0) is 28.3. The molecule has 0 unspecified atom stereocenters. The van der Waals surface area contributed by atoms with Crippen LogP contribution in [-0.2, 0) is 19.6 Å². The fourth-order valence-electron chi connectivity index (χ4n) is 5.39. The number of nitrogens with two attached hydrogens (primary N) is 1. The maximum Gasteiger partial charge on any atom is 0.573 e. The zero-order valence-electron chi connectivity index (χ0n) is 22.6. The van der Waals surface area contributed by atoms with Gasteiger partial charge in [-0.3, -0.25) is 9.80 Å². The smallest absolute Gasteiger partial charge is 0.406 e. The summed E-state index contributed by atoms with van der Waals surface area (Å²) >= 11 is 6.36. The molecule has 0 saturated carbocycles. The summed E-state index contributed by atoms with van der Waals surface area (Å²) in [5.74, 6) is -0.321. The highest BCUT2D eigenvalue weighted by molar-refractivity contribution is 6.31. The molecule has 1 fully saturated rings. The first-order valence-corrected chi connectivity index (χ1v) is 14.0. The second-order valence-electron chi connectivity index (χ2n) is 10.4. The SMILES string of the molecule is CCCCn1cc(-c2ccc(OC(F)(F)F)cc2N)c2cc(CN3CCN(Cc4ccccc4Cl)CC3)ccc21. The van der Waals surface area contributed by atoms with Gasteiger partial charge in [0.25, 0.3) is 0 Å². The predicted molar refractivity (Wildman–Crippen MR) is 155 cm³/mol. The molecule has 0 aliphatic carbocycles. The molecule has 1 saturated heterocycles. The average molecular weight is 571 g/mol. The molecule has 212 valence electrons. The van der Waals surface area contributed by atoms with Crippen molar-refractivity contribution in [2.45, 2.75) is 45.8 Å². The Morgan fingerprint density at radius 3 is 2.30 bits per heavy atom. The minimum atomic E-state index is -4.76. The van der Waals surface area contributed by atoms with Crippen molar-refractivity contribution in [3.8, 4) is 16.9 Å². The van der Waals surface area contributed by atoms with E-state index < -0.39 is 6.36 Å². The highest BCUT2D eigenvalue weighted by atomic mass is 35.5. The van der Waals surface area contributed by atoms with Gasteiger partial charge in [-0.25, -0.2) is 0 Å². The van der Waals surface area contributed by atoms with Gasteiger partial charge in [-0.05, 0) is 47.9 Å². The molecule has 0 atom stereocenters. The van der Waals surface area contributed by atoms with Crippen LogP contribution in [0.1, 0.15) is 30.9 Å². The largest absolute Gasteiger partial charge is 0.573 e. The van der Waals surface area contributed by atoms with E-state index in [1.54, 1.807) is 6.07 Å². The number of ether oxygens (including phenoxy) is 1. The highest BCUT2D eigenvalue weighted by Crippen LogP contribution is 2.37. The Hall–Kier alpha value is -3.20. The molecular formula is C31H34ClF3N4O. The van der Waals surface area contributed by atoms with Gasteiger partial charge < -0.3 is 15.0 Å². The molecule has 0 bridgehead atoms. The van der Waals surface area contributed by atoms with Gasteiger partial charge in [0.2, 0.25) is 0 Å². The normalized spacial score (nSPS) is 15.1. The Kier molecular flexibility index (Phi) is 8.59. The Morgan fingerprint density at radius 2 is 1.62 bits per heavy atom. The Balaban J connectivity index is 1.35. The monoisotopic (exact) mass is 570 g/mol. The predicted octanol–water partition coefficient (Wildman–Crippen LogP) is 7.56. The summed E-state index contributed by atoms with van der Waals surface area (Å²) in [4.78, 5) is 4.89. The van der Waals surface area contributed by atoms with E-state index in [9.17, 15) is 13.2 Å². The summed E-state index contributed by atoms with van der Waals surface area (Å²) in [5, 5.41) is 1.85. The quantitative estimate of drug-likeness (QED) is 0.211. The summed E-state index contributed by atoms with van der Waals surface area (Å²) < 4.78 is 44.4. The number of nitrogens with zero attached hydrogens (tertiary/aromatic N) is 3. The number of nitrogen functional groups attached to an aromatic ring is 1. The average Bonchev–Trinajstić information content (AvgIpc) is 3.26. The van der Waals surface area contributed by atoms with Gasteiger partial charge >= 0.3 is 6.36 Å². The lowest BCUT2D eigenvalue weighted by Crippen LogP contribution is -2.45. The number of aromatic nitrogens is 1. The van der Waals surface area contributed by atoms with Crippen LogP contribution in [0.15, 0.2) is 66.9 Å². The first kappa shape index (κ1) is 28.3. The highest BCUT2D eigenvalue weighted by Gasteiger charge is 2.31. The molecule has 0 amide bonds. The molecule has 40 heavy (non-hydrogen) atoms. The Labute approximate surface area is 237 Å². The van der Waals surface area contributed by atoms with Crippen LogP contribution in [-0.4, -0.2) is 46.9 Å². The number of aryl methyl sites for hydroxylation is 1. The lowest BCUT2D eigenvalue weighted by molar-refractivity contribution is -0.274. The summed E-state index contributed by atoms with van der Waals surface area (Å²) in [7, 11) is 0. The van der Waals surface area contributed by atoms with E-state index in [-0.39, 0.29) is 11.4 Å². The number of hydrogen-bond acceptors (Lipinski definition) is 4. The van der Waals surface area contributed by atoms with Gasteiger partial charge in [0.1, 0.15) is 5.75 Å². The van der Waals surface area contributed by atoms with Crippen LogP contribution in [0.2, 0.25) is 5.02 Å². The van der Waals surface area contributed by atoms with Crippen molar-refractivity contribution >= 4 is 28.2 Å². The molecule has 9 heteroatoms. The number of piperazine rings is 1. The third-order valence-corrected chi connectivity index (χ3v) is 7.84. The van der Waals surface area contributed by atoms with Crippen molar-refractivity contribution in [3.05, 3.63) is 83.0 Å². The maximum absolute atomic E-state index is 12.7. The van der Waals surface area contributed by atoms with Crippen LogP contribution in [0.4, 0.5) is 18.9 Å². The molecule has 5 nitrogen and oxygen atoms in total. The van der Waals surface area contributed by atoms with Crippen molar-refractivity contribution in [1.82, 2.24) is 14.4 Å². The van der Waals surface area contributed by atoms with E-state index in [1.807, 2.05) is 18.2 Å². The third-order valence-electron chi connectivity index (χ3n) is 7.47. The number of halogens is 4. The van der Waals surface area contributed by atoms with Gasteiger partial charge in [-0.15, -0.1) is 13.2 Å². The van der Waals surface area contributed by atoms with E-state index in [1.165, 1.54) is 17.7 Å². The van der Waals surface area contributed by atoms with Crippen LogP contribution in [0, 0.1) is 0 Å². The molecule has 3 aromatic carbocycles. The Bertz CT molecular complexity index is 1460. The summed E-state index contributed by atoms with van der Waals surface area (Å²) in [6.45, 7) is 8.53. The van der Waals surface area contributed by atoms with Gasteiger partial charge in [-0.2, -0.15) is 0 Å². The first-order chi connectivity index (χ1) is 19.2. The van der Waals surface area contributed by atoms with E-state index in [4.69, 9.17) is 17.3 Å². The van der Waals surface area contributed by atoms with Gasteiger partial charge in [0.05, 0.1) is 0 Å². The Morgan fingerprint density at radius 1 is 0.900 bits per heavy atom. The molecule has 2 N–H and O–H groups in total. The third kappa shape index (κ3) is 6.74. The molecule has 0 spiro atoms. The topological polar surface area (TPSA) is 46.7 Å². The van der Waals surface area contributed by atoms with Gasteiger partial charge in [0, 0.05) is 90.8 Å².